The topological polar surface area (TPSA) is 61.8 Å². The average Bonchev–Trinajstić information content (AvgIpc) is 3.20. The molecule has 0 bridgehead atoms. The van der Waals surface area contributed by atoms with Crippen molar-refractivity contribution in [3.63, 3.8) is 0 Å². The van der Waals surface area contributed by atoms with Gasteiger partial charge in [0, 0.05) is 27.7 Å². The molecule has 5 aromatic carbocycles. The molecule has 0 aromatic heterocycles. The summed E-state index contributed by atoms with van der Waals surface area (Å²) in [7, 11) is 0. The number of hydrogen-bond donors (Lipinski definition) is 0. The van der Waals surface area contributed by atoms with E-state index in [2.05, 4.69) is 13.8 Å². The molecule has 0 radical (unpaired) electrons. The van der Waals surface area contributed by atoms with Crippen molar-refractivity contribution < 1.29 is 37.0 Å². The molecule has 1 aliphatic rings. The number of ketones is 2. The third-order valence-corrected chi connectivity index (χ3v) is 10.4. The smallest absolute Gasteiger partial charge is 0.304 e. The molecule has 5 aromatic rings. The summed E-state index contributed by atoms with van der Waals surface area (Å²) in [5.41, 5.74) is 3.09. The second-order valence-electron chi connectivity index (χ2n) is 16.0. The first-order valence-corrected chi connectivity index (χ1v) is 19.1. The molecule has 8 heteroatoms. The third kappa shape index (κ3) is 9.57. The highest BCUT2D eigenvalue weighted by Gasteiger charge is 2.33. The normalized spacial score (nSPS) is 14.4. The van der Waals surface area contributed by atoms with Gasteiger partial charge < -0.3 is 14.2 Å². The minimum absolute atomic E-state index is 0.188. The number of rotatable bonds is 14. The fourth-order valence-corrected chi connectivity index (χ4v) is 6.92. The molecule has 0 saturated heterocycles. The lowest BCUT2D eigenvalue weighted by molar-refractivity contribution is -0.0417. The lowest BCUT2D eigenvalue weighted by atomic mass is 9.75. The molecule has 0 heterocycles. The van der Waals surface area contributed by atoms with Crippen LogP contribution >= 0.6 is 0 Å². The second-order valence-corrected chi connectivity index (χ2v) is 16.0. The van der Waals surface area contributed by atoms with Crippen molar-refractivity contribution in [3.8, 4) is 17.2 Å². The molecule has 0 saturated carbocycles. The van der Waals surface area contributed by atoms with Crippen LogP contribution in [-0.4, -0.2) is 23.3 Å². The van der Waals surface area contributed by atoms with Crippen LogP contribution in [-0.2, 0) is 15.8 Å². The van der Waals surface area contributed by atoms with Gasteiger partial charge in [-0.1, -0.05) is 98.8 Å². The van der Waals surface area contributed by atoms with Crippen molar-refractivity contribution in [2.24, 2.45) is 0 Å². The summed E-state index contributed by atoms with van der Waals surface area (Å²) in [5.74, 6) is -0.0404. The highest BCUT2D eigenvalue weighted by Crippen LogP contribution is 2.38. The Morgan fingerprint density at radius 3 is 1.69 bits per heavy atom. The van der Waals surface area contributed by atoms with Crippen LogP contribution in [0.1, 0.15) is 96.5 Å². The van der Waals surface area contributed by atoms with Crippen molar-refractivity contribution in [2.45, 2.75) is 77.6 Å². The van der Waals surface area contributed by atoms with E-state index in [9.17, 15) is 22.8 Å². The molecule has 1 aliphatic carbocycles. The molecule has 58 heavy (non-hydrogen) atoms. The first-order valence-electron chi connectivity index (χ1n) is 19.1. The molecule has 1 unspecified atom stereocenters. The zero-order valence-corrected chi connectivity index (χ0v) is 33.7. The molecular formula is C50H47F3O5. The number of allylic oxidation sites excluding steroid dienone is 2. The summed E-state index contributed by atoms with van der Waals surface area (Å²) in [6.45, 7) is 12.7. The zero-order chi connectivity index (χ0) is 41.8. The molecule has 0 aliphatic heterocycles. The van der Waals surface area contributed by atoms with Crippen LogP contribution < -0.4 is 9.47 Å². The Labute approximate surface area is 338 Å². The third-order valence-electron chi connectivity index (χ3n) is 10.4. The number of hydrogen-bond acceptors (Lipinski definition) is 5. The van der Waals surface area contributed by atoms with E-state index >= 15 is 0 Å². The highest BCUT2D eigenvalue weighted by atomic mass is 19.3. The minimum atomic E-state index is -2.38. The predicted molar refractivity (Wildman–Crippen MR) is 222 cm³/mol. The van der Waals surface area contributed by atoms with E-state index in [-0.39, 0.29) is 11.6 Å². The summed E-state index contributed by atoms with van der Waals surface area (Å²) in [6.07, 6.45) is 3.16. The van der Waals surface area contributed by atoms with Crippen LogP contribution in [0.4, 0.5) is 13.2 Å². The number of benzene rings is 5. The predicted octanol–water partition coefficient (Wildman–Crippen LogP) is 13.0. The quantitative estimate of drug-likeness (QED) is 0.105. The van der Waals surface area contributed by atoms with Crippen molar-refractivity contribution in [1.82, 2.24) is 0 Å². The summed E-state index contributed by atoms with van der Waals surface area (Å²) < 4.78 is 57.6. The Kier molecular flexibility index (Phi) is 12.1. The number of halogens is 3. The highest BCUT2D eigenvalue weighted by molar-refractivity contribution is 6.13. The molecule has 298 valence electrons. The van der Waals surface area contributed by atoms with Gasteiger partial charge in [0.05, 0.1) is 6.10 Å². The molecular weight excluding hydrogens is 738 g/mol. The minimum Gasteiger partial charge on any atom is -0.483 e. The van der Waals surface area contributed by atoms with Gasteiger partial charge in [0.1, 0.15) is 28.5 Å². The van der Waals surface area contributed by atoms with Crippen molar-refractivity contribution >= 4 is 11.6 Å². The average molecular weight is 785 g/mol. The van der Waals surface area contributed by atoms with E-state index in [1.165, 1.54) is 13.8 Å². The molecule has 0 fully saturated rings. The lowest BCUT2D eigenvalue weighted by Gasteiger charge is -2.32. The summed E-state index contributed by atoms with van der Waals surface area (Å²) in [6, 6.07) is 36.5. The van der Waals surface area contributed by atoms with Crippen molar-refractivity contribution in [2.75, 3.05) is 0 Å². The van der Waals surface area contributed by atoms with E-state index in [0.717, 1.165) is 28.0 Å². The summed E-state index contributed by atoms with van der Waals surface area (Å²) >= 11 is 0. The fraction of sp³-hybridized carbons (Fsp3) is 0.240. The van der Waals surface area contributed by atoms with Crippen LogP contribution in [0.15, 0.2) is 157 Å². The molecule has 0 amide bonds. The van der Waals surface area contributed by atoms with Gasteiger partial charge in [0.25, 0.3) is 0 Å². The number of aryl methyl sites for hydroxylation is 1. The fourth-order valence-electron chi connectivity index (χ4n) is 6.92. The van der Waals surface area contributed by atoms with Gasteiger partial charge in [-0.15, -0.1) is 0 Å². The largest absolute Gasteiger partial charge is 0.483 e. The van der Waals surface area contributed by atoms with Crippen LogP contribution in [0.5, 0.6) is 17.2 Å². The Morgan fingerprint density at radius 1 is 0.621 bits per heavy atom. The maximum Gasteiger partial charge on any atom is 0.304 e. The number of carbonyl (C=O) groups excluding carboxylic acids is 2. The maximum atomic E-state index is 13.9. The SMILES string of the molecule is Cc1cccc(OC(C)(C)c2ccc(C(=O)c3cccc(C(=O)c4ccc(Oc5ccc(C(C)(C)C6=CCC(OC(C)(C)C(F)=C(F)F)C=C6)cc5)cc4)c3)cc2)c1. The number of carbonyl (C=O) groups is 2. The summed E-state index contributed by atoms with van der Waals surface area (Å²) in [5, 5.41) is 0. The Bertz CT molecular complexity index is 2380. The van der Waals surface area contributed by atoms with E-state index in [1.807, 2.05) is 93.6 Å². The lowest BCUT2D eigenvalue weighted by Crippen LogP contribution is -2.32. The number of ether oxygens (including phenoxy) is 3. The van der Waals surface area contributed by atoms with Gasteiger partial charge in [0.15, 0.2) is 17.4 Å². The van der Waals surface area contributed by atoms with E-state index in [0.29, 0.717) is 40.2 Å². The van der Waals surface area contributed by atoms with Gasteiger partial charge in [-0.2, -0.15) is 8.78 Å². The van der Waals surface area contributed by atoms with E-state index in [4.69, 9.17) is 14.2 Å². The van der Waals surface area contributed by atoms with Crippen molar-refractivity contribution in [1.29, 1.82) is 0 Å². The Balaban J connectivity index is 1.06. The first kappa shape index (κ1) is 41.6. The van der Waals surface area contributed by atoms with Gasteiger partial charge in [-0.3, -0.25) is 9.59 Å². The molecule has 0 N–H and O–H groups in total. The molecule has 0 spiro atoms. The van der Waals surface area contributed by atoms with Crippen LogP contribution in [0.2, 0.25) is 0 Å². The monoisotopic (exact) mass is 784 g/mol. The van der Waals surface area contributed by atoms with Gasteiger partial charge >= 0.3 is 6.08 Å². The zero-order valence-electron chi connectivity index (χ0n) is 33.7. The van der Waals surface area contributed by atoms with Crippen LogP contribution in [0.3, 0.4) is 0 Å². The summed E-state index contributed by atoms with van der Waals surface area (Å²) in [4.78, 5) is 27.0. The van der Waals surface area contributed by atoms with Crippen LogP contribution in [0.25, 0.3) is 0 Å². The molecule has 1 atom stereocenters. The van der Waals surface area contributed by atoms with Crippen LogP contribution in [0, 0.1) is 6.92 Å². The molecule has 5 nitrogen and oxygen atoms in total. The van der Waals surface area contributed by atoms with Gasteiger partial charge in [-0.05, 0) is 118 Å². The van der Waals surface area contributed by atoms with Crippen molar-refractivity contribution in [3.05, 3.63) is 196 Å². The van der Waals surface area contributed by atoms with Gasteiger partial charge in [-0.25, -0.2) is 4.39 Å². The maximum absolute atomic E-state index is 13.9. The van der Waals surface area contributed by atoms with E-state index in [1.54, 1.807) is 66.7 Å². The Morgan fingerprint density at radius 2 is 1.16 bits per heavy atom. The Hall–Kier alpha value is -5.99. The first-order chi connectivity index (χ1) is 27.4. The second kappa shape index (κ2) is 16.9. The molecule has 6 rings (SSSR count). The van der Waals surface area contributed by atoms with Gasteiger partial charge in [0.2, 0.25) is 0 Å². The standard InChI is InChI=1S/C50H47F3O5/c1-32-10-8-13-43(30-32)58-49(4,5)39-18-14-33(15-19-39)44(54)35-11-9-12-36(31-35)45(55)34-16-24-40(25-17-34)56-41-26-20-37(21-27-41)48(2,3)38-22-28-42(29-23-38)57-50(6,7)46(51)47(52)53/h8-28,30-31,42H,29H2,1-7H3. The van der Waals surface area contributed by atoms with E-state index < -0.39 is 34.6 Å².